The molecule has 0 saturated heterocycles. The van der Waals surface area contributed by atoms with Gasteiger partial charge in [0.05, 0.1) is 12.0 Å². The number of hydrogen-bond acceptors (Lipinski definition) is 6. The molecule has 0 aromatic heterocycles. The summed E-state index contributed by atoms with van der Waals surface area (Å²) in [5, 5.41) is 18.2. The first kappa shape index (κ1) is 17.4. The molecule has 0 aliphatic heterocycles. The van der Waals surface area contributed by atoms with Crippen LogP contribution in [0.25, 0.3) is 0 Å². The van der Waals surface area contributed by atoms with Gasteiger partial charge in [0.25, 0.3) is 11.6 Å². The van der Waals surface area contributed by atoms with Gasteiger partial charge < -0.3 is 10.1 Å². The molecule has 0 fully saturated rings. The van der Waals surface area contributed by atoms with Gasteiger partial charge in [0.1, 0.15) is 10.6 Å². The Balaban J connectivity index is 2.24. The minimum Gasteiger partial charge on any atom is -0.495 e. The van der Waals surface area contributed by atoms with E-state index in [9.17, 15) is 23.3 Å². The summed E-state index contributed by atoms with van der Waals surface area (Å²) in [6.45, 7) is 0. The number of carbonyl (C=O) groups is 1. The molecule has 0 spiro atoms. The number of primary sulfonamides is 1. The van der Waals surface area contributed by atoms with Crippen molar-refractivity contribution in [3.63, 3.8) is 0 Å². The Morgan fingerprint density at radius 2 is 1.83 bits per heavy atom. The highest BCUT2D eigenvalue weighted by molar-refractivity contribution is 7.89. The number of nitro groups is 1. The lowest BCUT2D eigenvalue weighted by molar-refractivity contribution is -0.384. The SMILES string of the molecule is COc1cc(NC(=O)c2ccc([N+](=O)[O-])cc2)ccc1S(N)(=O)=O. The quantitative estimate of drug-likeness (QED) is 0.617. The molecule has 10 heteroatoms. The van der Waals surface area contributed by atoms with E-state index in [2.05, 4.69) is 5.32 Å². The van der Waals surface area contributed by atoms with Gasteiger partial charge in [-0.2, -0.15) is 0 Å². The van der Waals surface area contributed by atoms with E-state index < -0.39 is 20.9 Å². The molecule has 2 aromatic rings. The minimum atomic E-state index is -3.96. The van der Waals surface area contributed by atoms with Crippen LogP contribution in [-0.4, -0.2) is 26.4 Å². The second-order valence-electron chi connectivity index (χ2n) is 4.67. The van der Waals surface area contributed by atoms with Crippen LogP contribution in [0.2, 0.25) is 0 Å². The molecule has 0 aliphatic carbocycles. The normalized spacial score (nSPS) is 10.9. The second-order valence-corrected chi connectivity index (χ2v) is 6.20. The van der Waals surface area contributed by atoms with Gasteiger partial charge >= 0.3 is 0 Å². The number of non-ortho nitro benzene ring substituents is 1. The first-order chi connectivity index (χ1) is 11.2. The number of anilines is 1. The van der Waals surface area contributed by atoms with E-state index >= 15 is 0 Å². The van der Waals surface area contributed by atoms with Gasteiger partial charge in [-0.3, -0.25) is 14.9 Å². The van der Waals surface area contributed by atoms with Crippen molar-refractivity contribution in [1.29, 1.82) is 0 Å². The van der Waals surface area contributed by atoms with E-state index in [1.807, 2.05) is 0 Å². The fourth-order valence-electron chi connectivity index (χ4n) is 1.92. The number of nitro benzene ring substituents is 1. The van der Waals surface area contributed by atoms with Crippen molar-refractivity contribution in [3.8, 4) is 5.75 Å². The number of rotatable bonds is 5. The number of nitrogens with two attached hydrogens (primary N) is 1. The second kappa shape index (κ2) is 6.64. The summed E-state index contributed by atoms with van der Waals surface area (Å²) in [5.41, 5.74) is 0.350. The maximum atomic E-state index is 12.1. The van der Waals surface area contributed by atoms with E-state index in [0.29, 0.717) is 0 Å². The predicted octanol–water partition coefficient (Wildman–Crippen LogP) is 1.50. The third-order valence-electron chi connectivity index (χ3n) is 3.07. The summed E-state index contributed by atoms with van der Waals surface area (Å²) in [7, 11) is -2.69. The van der Waals surface area contributed by atoms with E-state index in [-0.39, 0.29) is 27.6 Å². The third-order valence-corrected chi connectivity index (χ3v) is 4.02. The molecule has 0 aliphatic rings. The van der Waals surface area contributed by atoms with Gasteiger partial charge in [0.15, 0.2) is 0 Å². The fraction of sp³-hybridized carbons (Fsp3) is 0.0714. The number of carbonyl (C=O) groups excluding carboxylic acids is 1. The lowest BCUT2D eigenvalue weighted by Crippen LogP contribution is -2.15. The van der Waals surface area contributed by atoms with Crippen molar-refractivity contribution < 1.29 is 22.9 Å². The van der Waals surface area contributed by atoms with Gasteiger partial charge in [-0.15, -0.1) is 0 Å². The van der Waals surface area contributed by atoms with Gasteiger partial charge in [-0.05, 0) is 24.3 Å². The maximum Gasteiger partial charge on any atom is 0.269 e. The van der Waals surface area contributed by atoms with Crippen molar-refractivity contribution in [1.82, 2.24) is 0 Å². The molecule has 2 rings (SSSR count). The van der Waals surface area contributed by atoms with Crippen LogP contribution in [0, 0.1) is 10.1 Å². The van der Waals surface area contributed by atoms with Crippen LogP contribution in [0.3, 0.4) is 0 Å². The molecule has 9 nitrogen and oxygen atoms in total. The highest BCUT2D eigenvalue weighted by Gasteiger charge is 2.16. The lowest BCUT2D eigenvalue weighted by atomic mass is 10.2. The monoisotopic (exact) mass is 351 g/mol. The molecule has 0 saturated carbocycles. The molecule has 2 aromatic carbocycles. The minimum absolute atomic E-state index is 0.0148. The Morgan fingerprint density at radius 3 is 2.33 bits per heavy atom. The molecule has 24 heavy (non-hydrogen) atoms. The van der Waals surface area contributed by atoms with Crippen LogP contribution < -0.4 is 15.2 Å². The number of amides is 1. The van der Waals surface area contributed by atoms with Crippen LogP contribution in [0.15, 0.2) is 47.4 Å². The average Bonchev–Trinajstić information content (AvgIpc) is 2.53. The van der Waals surface area contributed by atoms with Gasteiger partial charge in [-0.25, -0.2) is 13.6 Å². The molecule has 0 unspecified atom stereocenters. The molecule has 3 N–H and O–H groups in total. The third kappa shape index (κ3) is 3.86. The number of hydrogen-bond donors (Lipinski definition) is 2. The zero-order valence-electron chi connectivity index (χ0n) is 12.4. The summed E-state index contributed by atoms with van der Waals surface area (Å²) in [5.74, 6) is -0.533. The molecule has 0 heterocycles. The molecule has 126 valence electrons. The summed E-state index contributed by atoms with van der Waals surface area (Å²) in [4.78, 5) is 21.9. The van der Waals surface area contributed by atoms with Crippen molar-refractivity contribution in [2.45, 2.75) is 4.90 Å². The number of nitrogens with zero attached hydrogens (tertiary/aromatic N) is 1. The van der Waals surface area contributed by atoms with Crippen LogP contribution in [0.1, 0.15) is 10.4 Å². The van der Waals surface area contributed by atoms with E-state index in [1.54, 1.807) is 0 Å². The molecular weight excluding hydrogens is 338 g/mol. The van der Waals surface area contributed by atoms with Gasteiger partial charge in [-0.1, -0.05) is 0 Å². The number of sulfonamides is 1. The number of methoxy groups -OCH3 is 1. The first-order valence-corrected chi connectivity index (χ1v) is 8.03. The number of benzene rings is 2. The Kier molecular flexibility index (Phi) is 4.81. The zero-order chi connectivity index (χ0) is 17.9. The van der Waals surface area contributed by atoms with E-state index in [4.69, 9.17) is 9.88 Å². The molecule has 0 bridgehead atoms. The summed E-state index contributed by atoms with van der Waals surface area (Å²) >= 11 is 0. The van der Waals surface area contributed by atoms with Crippen LogP contribution in [0.4, 0.5) is 11.4 Å². The van der Waals surface area contributed by atoms with Crippen LogP contribution >= 0.6 is 0 Å². The molecule has 0 atom stereocenters. The Labute approximate surface area is 137 Å². The lowest BCUT2D eigenvalue weighted by Gasteiger charge is -2.10. The van der Waals surface area contributed by atoms with Crippen LogP contribution in [0.5, 0.6) is 5.75 Å². The van der Waals surface area contributed by atoms with E-state index in [1.165, 1.54) is 49.6 Å². The number of ether oxygens (including phenoxy) is 1. The smallest absolute Gasteiger partial charge is 0.269 e. The zero-order valence-corrected chi connectivity index (χ0v) is 13.2. The molecule has 1 amide bonds. The average molecular weight is 351 g/mol. The Hall–Kier alpha value is -2.98. The maximum absolute atomic E-state index is 12.1. The van der Waals surface area contributed by atoms with Crippen LogP contribution in [-0.2, 0) is 10.0 Å². The predicted molar refractivity (Wildman–Crippen MR) is 85.4 cm³/mol. The highest BCUT2D eigenvalue weighted by atomic mass is 32.2. The number of nitrogens with one attached hydrogen (secondary N) is 1. The Morgan fingerprint density at radius 1 is 1.21 bits per heavy atom. The summed E-state index contributed by atoms with van der Waals surface area (Å²) in [6, 6.07) is 8.90. The van der Waals surface area contributed by atoms with Crippen molar-refractivity contribution >= 4 is 27.3 Å². The van der Waals surface area contributed by atoms with E-state index in [0.717, 1.165) is 0 Å². The van der Waals surface area contributed by atoms with Gasteiger partial charge in [0, 0.05) is 29.4 Å². The topological polar surface area (TPSA) is 142 Å². The van der Waals surface area contributed by atoms with Gasteiger partial charge in [0.2, 0.25) is 10.0 Å². The summed E-state index contributed by atoms with van der Waals surface area (Å²) < 4.78 is 27.8. The first-order valence-electron chi connectivity index (χ1n) is 6.49. The molecular formula is C14H13N3O6S. The van der Waals surface area contributed by atoms with Crippen molar-refractivity contribution in [2.75, 3.05) is 12.4 Å². The highest BCUT2D eigenvalue weighted by Crippen LogP contribution is 2.26. The largest absolute Gasteiger partial charge is 0.495 e. The standard InChI is InChI=1S/C14H13N3O6S/c1-23-12-8-10(4-7-13(12)24(15,21)22)16-14(18)9-2-5-11(6-3-9)17(19)20/h2-8H,1H3,(H,16,18)(H2,15,21,22). The van der Waals surface area contributed by atoms with Crippen molar-refractivity contribution in [2.24, 2.45) is 5.14 Å². The fourth-order valence-corrected chi connectivity index (χ4v) is 2.60. The van der Waals surface area contributed by atoms with Crippen molar-refractivity contribution in [3.05, 3.63) is 58.1 Å². The Bertz CT molecular complexity index is 893. The summed E-state index contributed by atoms with van der Waals surface area (Å²) in [6.07, 6.45) is 0. The molecule has 0 radical (unpaired) electrons.